The van der Waals surface area contributed by atoms with Gasteiger partial charge in [-0.15, -0.1) is 0 Å². The van der Waals surface area contributed by atoms with Gasteiger partial charge in [0.25, 0.3) is 0 Å². The van der Waals surface area contributed by atoms with Gasteiger partial charge >= 0.3 is 0 Å². The Balaban J connectivity index is 2.15. The number of allylic oxidation sites excluding steroid dienone is 3. The van der Waals surface area contributed by atoms with Gasteiger partial charge in [-0.3, -0.25) is 9.59 Å². The Morgan fingerprint density at radius 3 is 2.27 bits per heavy atom. The van der Waals surface area contributed by atoms with Gasteiger partial charge in [0.2, 0.25) is 11.6 Å². The molecular weight excluding hydrogens is 190 g/mol. The van der Waals surface area contributed by atoms with Crippen molar-refractivity contribution in [3.63, 3.8) is 0 Å². The van der Waals surface area contributed by atoms with Crippen molar-refractivity contribution in [2.45, 2.75) is 0 Å². The molecule has 15 heavy (non-hydrogen) atoms. The third-order valence-corrected chi connectivity index (χ3v) is 2.01. The molecule has 3 nitrogen and oxygen atoms in total. The Hall–Kier alpha value is -2.16. The zero-order chi connectivity index (χ0) is 10.7. The van der Waals surface area contributed by atoms with E-state index >= 15 is 0 Å². The topological polar surface area (TPSA) is 46.2 Å². The summed E-state index contributed by atoms with van der Waals surface area (Å²) in [5.74, 6) is -0.968. The smallest absolute Gasteiger partial charge is 0.227 e. The number of rotatable bonds is 2. The molecule has 3 heteroatoms. The largest absolute Gasteiger partial charge is 0.355 e. The molecule has 0 aromatic heterocycles. The van der Waals surface area contributed by atoms with Crippen molar-refractivity contribution in [3.8, 4) is 0 Å². The third kappa shape index (κ3) is 2.20. The average molecular weight is 199 g/mol. The van der Waals surface area contributed by atoms with Gasteiger partial charge in [0.1, 0.15) is 0 Å². The molecular formula is C12H9NO2. The van der Waals surface area contributed by atoms with E-state index < -0.39 is 11.6 Å². The fraction of sp³-hybridized carbons (Fsp3) is 0. The van der Waals surface area contributed by atoms with Crippen LogP contribution in [-0.2, 0) is 9.59 Å². The molecule has 0 saturated carbocycles. The number of hydrogen-bond acceptors (Lipinski definition) is 3. The molecule has 1 aliphatic rings. The quantitative estimate of drug-likeness (QED) is 0.582. The number of ketones is 2. The van der Waals surface area contributed by atoms with E-state index in [1.54, 1.807) is 6.08 Å². The summed E-state index contributed by atoms with van der Waals surface area (Å²) < 4.78 is 0. The Bertz CT molecular complexity index is 458. The molecule has 0 unspecified atom stereocenters. The number of para-hydroxylation sites is 1. The normalized spacial score (nSPS) is 15.1. The molecule has 0 bridgehead atoms. The van der Waals surface area contributed by atoms with E-state index in [1.165, 1.54) is 12.2 Å². The zero-order valence-electron chi connectivity index (χ0n) is 7.94. The first-order chi connectivity index (χ1) is 7.25. The molecule has 0 aliphatic heterocycles. The van der Waals surface area contributed by atoms with Crippen molar-refractivity contribution < 1.29 is 9.59 Å². The molecule has 74 valence electrons. The van der Waals surface area contributed by atoms with Gasteiger partial charge in [-0.25, -0.2) is 0 Å². The van der Waals surface area contributed by atoms with Gasteiger partial charge in [-0.2, -0.15) is 0 Å². The number of anilines is 1. The summed E-state index contributed by atoms with van der Waals surface area (Å²) in [4.78, 5) is 22.0. The highest BCUT2D eigenvalue weighted by atomic mass is 16.2. The minimum Gasteiger partial charge on any atom is -0.355 e. The fourth-order valence-electron chi connectivity index (χ4n) is 1.27. The lowest BCUT2D eigenvalue weighted by Gasteiger charge is -2.08. The van der Waals surface area contributed by atoms with Crippen molar-refractivity contribution >= 4 is 17.3 Å². The first kappa shape index (κ1) is 9.40. The van der Waals surface area contributed by atoms with Crippen molar-refractivity contribution in [2.24, 2.45) is 0 Å². The number of carbonyl (C=O) groups excluding carboxylic acids is 2. The van der Waals surface area contributed by atoms with Crippen LogP contribution in [0.4, 0.5) is 5.69 Å². The van der Waals surface area contributed by atoms with E-state index in [4.69, 9.17) is 0 Å². The van der Waals surface area contributed by atoms with Gasteiger partial charge in [0, 0.05) is 17.5 Å². The lowest BCUT2D eigenvalue weighted by Crippen LogP contribution is -2.14. The maximum absolute atomic E-state index is 11.1. The summed E-state index contributed by atoms with van der Waals surface area (Å²) in [5, 5.41) is 3.03. The SMILES string of the molecule is O=C1C=CC(Nc2ccccc2)=CC1=O. The summed E-state index contributed by atoms with van der Waals surface area (Å²) >= 11 is 0. The first-order valence-electron chi connectivity index (χ1n) is 4.56. The van der Waals surface area contributed by atoms with Crippen molar-refractivity contribution in [3.05, 3.63) is 54.3 Å². The summed E-state index contributed by atoms with van der Waals surface area (Å²) in [7, 11) is 0. The van der Waals surface area contributed by atoms with Crippen LogP contribution < -0.4 is 5.32 Å². The maximum atomic E-state index is 11.1. The molecule has 0 spiro atoms. The zero-order valence-corrected chi connectivity index (χ0v) is 7.94. The molecule has 0 fully saturated rings. The number of nitrogens with one attached hydrogen (secondary N) is 1. The summed E-state index contributed by atoms with van der Waals surface area (Å²) in [5.41, 5.74) is 1.52. The monoisotopic (exact) mass is 199 g/mol. The number of benzene rings is 1. The fourth-order valence-corrected chi connectivity index (χ4v) is 1.27. The van der Waals surface area contributed by atoms with Gasteiger partial charge in [0.15, 0.2) is 0 Å². The Labute approximate surface area is 87.1 Å². The predicted octanol–water partition coefficient (Wildman–Crippen LogP) is 1.69. The van der Waals surface area contributed by atoms with Crippen LogP contribution in [0.15, 0.2) is 54.3 Å². The van der Waals surface area contributed by atoms with E-state index in [2.05, 4.69) is 5.32 Å². The maximum Gasteiger partial charge on any atom is 0.227 e. The van der Waals surface area contributed by atoms with Crippen LogP contribution in [0.5, 0.6) is 0 Å². The summed E-state index contributed by atoms with van der Waals surface area (Å²) in [6.07, 6.45) is 4.17. The van der Waals surface area contributed by atoms with E-state index in [1.807, 2.05) is 30.3 Å². The van der Waals surface area contributed by atoms with Crippen molar-refractivity contribution in [1.82, 2.24) is 0 Å². The number of carbonyl (C=O) groups is 2. The highest BCUT2D eigenvalue weighted by Crippen LogP contribution is 2.11. The lowest BCUT2D eigenvalue weighted by molar-refractivity contribution is -0.131. The summed E-state index contributed by atoms with van der Waals surface area (Å²) in [6.45, 7) is 0. The van der Waals surface area contributed by atoms with E-state index in [9.17, 15) is 9.59 Å². The highest BCUT2D eigenvalue weighted by molar-refractivity contribution is 6.46. The van der Waals surface area contributed by atoms with Crippen LogP contribution in [0.3, 0.4) is 0 Å². The standard InChI is InChI=1S/C12H9NO2/c14-11-7-6-10(8-12(11)15)13-9-4-2-1-3-5-9/h1-8,13H. The molecule has 1 aromatic rings. The third-order valence-electron chi connectivity index (χ3n) is 2.01. The molecule has 0 saturated heterocycles. The van der Waals surface area contributed by atoms with Crippen molar-refractivity contribution in [1.29, 1.82) is 0 Å². The summed E-state index contributed by atoms with van der Waals surface area (Å²) in [6, 6.07) is 9.46. The second kappa shape index (κ2) is 3.92. The average Bonchev–Trinajstić information content (AvgIpc) is 2.25. The van der Waals surface area contributed by atoms with E-state index in [0.717, 1.165) is 5.69 Å². The Morgan fingerprint density at radius 2 is 1.60 bits per heavy atom. The second-order valence-corrected chi connectivity index (χ2v) is 3.15. The Kier molecular flexibility index (Phi) is 2.46. The van der Waals surface area contributed by atoms with Gasteiger partial charge in [0.05, 0.1) is 0 Å². The number of hydrogen-bond donors (Lipinski definition) is 1. The van der Waals surface area contributed by atoms with Gasteiger partial charge in [-0.05, 0) is 24.3 Å². The lowest BCUT2D eigenvalue weighted by atomic mass is 10.1. The van der Waals surface area contributed by atoms with Gasteiger partial charge in [-0.1, -0.05) is 18.2 Å². The molecule has 1 N–H and O–H groups in total. The van der Waals surface area contributed by atoms with Crippen LogP contribution in [0.1, 0.15) is 0 Å². The van der Waals surface area contributed by atoms with Crippen LogP contribution >= 0.6 is 0 Å². The van der Waals surface area contributed by atoms with Crippen LogP contribution in [0, 0.1) is 0 Å². The minimum atomic E-state index is -0.490. The molecule has 1 aromatic carbocycles. The van der Waals surface area contributed by atoms with Crippen molar-refractivity contribution in [2.75, 3.05) is 5.32 Å². The Morgan fingerprint density at radius 1 is 0.867 bits per heavy atom. The minimum absolute atomic E-state index is 0.478. The second-order valence-electron chi connectivity index (χ2n) is 3.15. The van der Waals surface area contributed by atoms with Crippen LogP contribution in [0.2, 0.25) is 0 Å². The van der Waals surface area contributed by atoms with Crippen LogP contribution in [-0.4, -0.2) is 11.6 Å². The molecule has 0 heterocycles. The molecule has 1 aliphatic carbocycles. The van der Waals surface area contributed by atoms with E-state index in [-0.39, 0.29) is 0 Å². The molecule has 0 radical (unpaired) electrons. The predicted molar refractivity (Wildman–Crippen MR) is 57.3 cm³/mol. The van der Waals surface area contributed by atoms with E-state index in [0.29, 0.717) is 5.70 Å². The first-order valence-corrected chi connectivity index (χ1v) is 4.56. The van der Waals surface area contributed by atoms with Gasteiger partial charge < -0.3 is 5.32 Å². The highest BCUT2D eigenvalue weighted by Gasteiger charge is 2.12. The van der Waals surface area contributed by atoms with Crippen LogP contribution in [0.25, 0.3) is 0 Å². The molecule has 0 atom stereocenters. The molecule has 0 amide bonds. The molecule has 2 rings (SSSR count).